The van der Waals surface area contributed by atoms with Crippen LogP contribution in [0.15, 0.2) is 17.0 Å². The second-order valence-corrected chi connectivity index (χ2v) is 10.8. The third-order valence-electron chi connectivity index (χ3n) is 8.79. The van der Waals surface area contributed by atoms with Gasteiger partial charge in [0.15, 0.2) is 10.9 Å². The predicted octanol–water partition coefficient (Wildman–Crippen LogP) is 4.31. The number of aliphatic hydroxyl groups excluding tert-OH is 1. The lowest BCUT2D eigenvalue weighted by molar-refractivity contribution is -0.129. The molecule has 0 radical (unpaired) electrons. The van der Waals surface area contributed by atoms with Crippen molar-refractivity contribution >= 4 is 22.3 Å². The average Bonchev–Trinajstić information content (AvgIpc) is 3.17. The minimum Gasteiger partial charge on any atom is -0.393 e. The van der Waals surface area contributed by atoms with Gasteiger partial charge in [-0.25, -0.2) is 4.98 Å². The number of thiazole rings is 1. The fraction of sp³-hybridized carbons (Fsp3) is 0.727. The van der Waals surface area contributed by atoms with Crippen molar-refractivity contribution in [3.63, 3.8) is 0 Å². The maximum atomic E-state index is 12.0. The highest BCUT2D eigenvalue weighted by molar-refractivity contribution is 7.13. The summed E-state index contributed by atoms with van der Waals surface area (Å²) in [5.74, 6) is 2.16. The molecule has 1 aromatic heterocycles. The summed E-state index contributed by atoms with van der Waals surface area (Å²) in [6, 6.07) is 0. The summed E-state index contributed by atoms with van der Waals surface area (Å²) in [5, 5.41) is 14.2. The molecule has 7 atom stereocenters. The number of carbonyl (C=O) groups is 1. The van der Waals surface area contributed by atoms with E-state index in [1.165, 1.54) is 23.3 Å². The molecule has 1 aromatic rings. The number of aromatic nitrogens is 1. The molecule has 3 fully saturated rings. The van der Waals surface area contributed by atoms with Crippen LogP contribution in [0.5, 0.6) is 0 Å². The molecule has 5 heteroatoms. The second-order valence-electron chi connectivity index (χ2n) is 9.91. The Morgan fingerprint density at radius 1 is 1.26 bits per heavy atom. The minimum atomic E-state index is -0.297. The maximum Gasteiger partial charge on any atom is 0.180 e. The van der Waals surface area contributed by atoms with E-state index in [-0.39, 0.29) is 22.7 Å². The Bertz CT molecular complexity index is 817. The lowest BCUT2D eigenvalue weighted by Crippen LogP contribution is -2.56. The van der Waals surface area contributed by atoms with Crippen molar-refractivity contribution in [2.75, 3.05) is 5.73 Å². The third-order valence-corrected chi connectivity index (χ3v) is 9.48. The molecule has 5 rings (SSSR count). The number of allylic oxidation sites excluding steroid dienone is 1. The molecule has 0 aliphatic heterocycles. The van der Waals surface area contributed by atoms with Crippen LogP contribution >= 0.6 is 11.3 Å². The molecule has 146 valence electrons. The van der Waals surface area contributed by atoms with Gasteiger partial charge in [-0.2, -0.15) is 0 Å². The van der Waals surface area contributed by atoms with E-state index in [2.05, 4.69) is 24.2 Å². The number of carbonyl (C=O) groups excluding carboxylic acids is 1. The highest BCUT2D eigenvalue weighted by Gasteiger charge is 2.62. The van der Waals surface area contributed by atoms with Crippen LogP contribution in [-0.2, 0) is 4.79 Å². The van der Waals surface area contributed by atoms with Crippen LogP contribution in [0.1, 0.15) is 70.4 Å². The van der Waals surface area contributed by atoms with Crippen molar-refractivity contribution in [3.05, 3.63) is 22.7 Å². The molecular weight excluding hydrogens is 356 g/mol. The van der Waals surface area contributed by atoms with Crippen molar-refractivity contribution in [3.8, 4) is 0 Å². The average molecular weight is 387 g/mol. The second kappa shape index (κ2) is 5.90. The van der Waals surface area contributed by atoms with E-state index in [4.69, 9.17) is 5.73 Å². The van der Waals surface area contributed by atoms with Crippen LogP contribution in [0.4, 0.5) is 5.13 Å². The zero-order chi connectivity index (χ0) is 19.0. The van der Waals surface area contributed by atoms with Gasteiger partial charge in [0.1, 0.15) is 0 Å². The molecule has 0 spiro atoms. The largest absolute Gasteiger partial charge is 0.393 e. The van der Waals surface area contributed by atoms with Gasteiger partial charge in [-0.1, -0.05) is 19.4 Å². The van der Waals surface area contributed by atoms with Crippen LogP contribution in [0.3, 0.4) is 0 Å². The standard InChI is InChI=1S/C22H30N2O2S/c1-21-8-7-13(25)9-12(21)3-4-14-15-5-6-16(17-11-27-20(23)24-17)22(15,2)10-18(26)19(14)21/h9,11,14-16,18-19,26H,3-8,10H2,1-2H3,(H2,23,24). The van der Waals surface area contributed by atoms with E-state index in [1.54, 1.807) is 0 Å². The number of fused-ring (bicyclic) bond motifs is 5. The highest BCUT2D eigenvalue weighted by Crippen LogP contribution is 2.68. The molecule has 0 bridgehead atoms. The van der Waals surface area contributed by atoms with Gasteiger partial charge in [-0.05, 0) is 73.2 Å². The zero-order valence-electron chi connectivity index (χ0n) is 16.3. The Balaban J connectivity index is 1.51. The molecule has 3 N–H and O–H groups in total. The molecule has 4 aliphatic carbocycles. The predicted molar refractivity (Wildman–Crippen MR) is 107 cm³/mol. The minimum absolute atomic E-state index is 0.000713. The number of hydrogen-bond donors (Lipinski definition) is 2. The number of nitrogens with zero attached hydrogens (tertiary/aromatic N) is 1. The monoisotopic (exact) mass is 386 g/mol. The first kappa shape index (κ1) is 17.9. The van der Waals surface area contributed by atoms with Crippen LogP contribution in [0.25, 0.3) is 0 Å². The van der Waals surface area contributed by atoms with E-state index >= 15 is 0 Å². The van der Waals surface area contributed by atoms with Crippen LogP contribution in [0, 0.1) is 28.6 Å². The van der Waals surface area contributed by atoms with Crippen LogP contribution in [-0.4, -0.2) is 22.0 Å². The molecule has 3 saturated carbocycles. The van der Waals surface area contributed by atoms with Crippen molar-refractivity contribution in [1.29, 1.82) is 0 Å². The molecular formula is C22H30N2O2S. The number of rotatable bonds is 1. The van der Waals surface area contributed by atoms with Gasteiger partial charge < -0.3 is 10.8 Å². The summed E-state index contributed by atoms with van der Waals surface area (Å²) >= 11 is 1.53. The SMILES string of the molecule is CC12CCC(=O)C=C1CCC1C2C(O)CC2(C)C(c3csc(N)n3)CCC12. The summed E-state index contributed by atoms with van der Waals surface area (Å²) in [6.07, 6.45) is 8.52. The van der Waals surface area contributed by atoms with Crippen molar-refractivity contribution < 1.29 is 9.90 Å². The van der Waals surface area contributed by atoms with Gasteiger partial charge >= 0.3 is 0 Å². The third kappa shape index (κ3) is 2.43. The molecule has 0 aromatic carbocycles. The number of nitrogens with two attached hydrogens (primary N) is 1. The van der Waals surface area contributed by atoms with Gasteiger partial charge in [-0.3, -0.25) is 4.79 Å². The Morgan fingerprint density at radius 3 is 2.81 bits per heavy atom. The zero-order valence-corrected chi connectivity index (χ0v) is 17.1. The Morgan fingerprint density at radius 2 is 2.07 bits per heavy atom. The number of hydrogen-bond acceptors (Lipinski definition) is 5. The summed E-state index contributed by atoms with van der Waals surface area (Å²) in [4.78, 5) is 16.6. The fourth-order valence-corrected chi connectivity index (χ4v) is 8.25. The van der Waals surface area contributed by atoms with Gasteiger partial charge in [0, 0.05) is 17.7 Å². The molecule has 0 amide bonds. The smallest absolute Gasteiger partial charge is 0.180 e. The number of aliphatic hydroxyl groups is 1. The van der Waals surface area contributed by atoms with Crippen molar-refractivity contribution in [2.45, 2.75) is 70.8 Å². The lowest BCUT2D eigenvalue weighted by atomic mass is 9.46. The first-order valence-electron chi connectivity index (χ1n) is 10.5. The summed E-state index contributed by atoms with van der Waals surface area (Å²) in [5.41, 5.74) is 8.47. The fourth-order valence-electron chi connectivity index (χ4n) is 7.63. The van der Waals surface area contributed by atoms with E-state index < -0.39 is 0 Å². The molecule has 7 unspecified atom stereocenters. The normalized spacial score (nSPS) is 46.4. The Labute approximate surface area is 165 Å². The van der Waals surface area contributed by atoms with Gasteiger partial charge in [0.05, 0.1) is 11.8 Å². The molecule has 4 aliphatic rings. The first-order valence-corrected chi connectivity index (χ1v) is 11.3. The number of ketones is 1. The van der Waals surface area contributed by atoms with Crippen LogP contribution in [0.2, 0.25) is 0 Å². The quantitative estimate of drug-likeness (QED) is 0.754. The summed E-state index contributed by atoms with van der Waals surface area (Å²) < 4.78 is 0. The van der Waals surface area contributed by atoms with E-state index in [1.807, 2.05) is 6.08 Å². The van der Waals surface area contributed by atoms with Gasteiger partial charge in [-0.15, -0.1) is 11.3 Å². The molecule has 1 heterocycles. The van der Waals surface area contributed by atoms with Crippen LogP contribution < -0.4 is 5.73 Å². The molecule has 0 saturated heterocycles. The van der Waals surface area contributed by atoms with E-state index in [0.29, 0.717) is 35.2 Å². The molecule has 27 heavy (non-hydrogen) atoms. The summed E-state index contributed by atoms with van der Waals surface area (Å²) in [7, 11) is 0. The lowest BCUT2D eigenvalue weighted by Gasteiger charge is -2.59. The molecule has 4 nitrogen and oxygen atoms in total. The maximum absolute atomic E-state index is 12.0. The Hall–Kier alpha value is -1.20. The summed E-state index contributed by atoms with van der Waals surface area (Å²) in [6.45, 7) is 4.71. The van der Waals surface area contributed by atoms with Gasteiger partial charge in [0.25, 0.3) is 0 Å². The van der Waals surface area contributed by atoms with Crippen molar-refractivity contribution in [2.24, 2.45) is 28.6 Å². The van der Waals surface area contributed by atoms with Gasteiger partial charge in [0.2, 0.25) is 0 Å². The number of anilines is 1. The topological polar surface area (TPSA) is 76.2 Å². The highest BCUT2D eigenvalue weighted by atomic mass is 32.1. The van der Waals surface area contributed by atoms with Crippen molar-refractivity contribution in [1.82, 2.24) is 4.98 Å². The number of nitrogen functional groups attached to an aromatic ring is 1. The Kier molecular flexibility index (Phi) is 3.90. The first-order chi connectivity index (χ1) is 12.8. The van der Waals surface area contributed by atoms with E-state index in [0.717, 1.165) is 37.8 Å². The van der Waals surface area contributed by atoms with E-state index in [9.17, 15) is 9.90 Å².